The third-order valence-electron chi connectivity index (χ3n) is 3.37. The summed E-state index contributed by atoms with van der Waals surface area (Å²) in [6.45, 7) is 0. The van der Waals surface area contributed by atoms with E-state index < -0.39 is 9.84 Å². The van der Waals surface area contributed by atoms with E-state index in [-0.39, 0.29) is 0 Å². The molecule has 0 aromatic heterocycles. The van der Waals surface area contributed by atoms with Crippen molar-refractivity contribution in [2.24, 2.45) is 11.8 Å². The molecule has 3 nitrogen and oxygen atoms in total. The highest BCUT2D eigenvalue weighted by Gasteiger charge is 2.39. The zero-order valence-corrected chi connectivity index (χ0v) is 10.0. The number of thioether (sulfide) groups is 1. The first-order chi connectivity index (χ1) is 6.62. The molecule has 14 heavy (non-hydrogen) atoms. The zero-order valence-electron chi connectivity index (χ0n) is 8.40. The molecule has 0 spiro atoms. The van der Waals surface area contributed by atoms with Crippen LogP contribution in [0, 0.1) is 11.8 Å². The van der Waals surface area contributed by atoms with Gasteiger partial charge in [-0.2, -0.15) is 11.8 Å². The van der Waals surface area contributed by atoms with Crippen LogP contribution in [0.15, 0.2) is 0 Å². The predicted octanol–water partition coefficient (Wildman–Crippen LogP) is 0.372. The molecule has 0 radical (unpaired) electrons. The van der Waals surface area contributed by atoms with Crippen molar-refractivity contribution in [3.8, 4) is 0 Å². The van der Waals surface area contributed by atoms with Crippen LogP contribution in [-0.4, -0.2) is 44.5 Å². The quantitative estimate of drug-likeness (QED) is 0.751. The Bertz CT molecular complexity index is 302. The van der Waals surface area contributed by atoms with E-state index in [1.807, 2.05) is 18.8 Å². The first kappa shape index (κ1) is 10.8. The fraction of sp³-hybridized carbons (Fsp3) is 1.00. The molecule has 0 aromatic rings. The SMILES string of the molecule is CNC1CSCC1C1CCS(=O)(=O)C1. The summed E-state index contributed by atoms with van der Waals surface area (Å²) in [5.74, 6) is 4.09. The first-order valence-electron chi connectivity index (χ1n) is 5.08. The molecule has 2 saturated heterocycles. The number of hydrogen-bond acceptors (Lipinski definition) is 4. The maximum atomic E-state index is 11.4. The maximum Gasteiger partial charge on any atom is 0.150 e. The van der Waals surface area contributed by atoms with Crippen LogP contribution in [-0.2, 0) is 9.84 Å². The molecule has 2 rings (SSSR count). The molecule has 0 aliphatic carbocycles. The lowest BCUT2D eigenvalue weighted by molar-refractivity contribution is 0.336. The summed E-state index contributed by atoms with van der Waals surface area (Å²) < 4.78 is 22.7. The van der Waals surface area contributed by atoms with E-state index in [0.717, 1.165) is 17.9 Å². The Kier molecular flexibility index (Phi) is 3.09. The summed E-state index contributed by atoms with van der Waals surface area (Å²) >= 11 is 1.94. The van der Waals surface area contributed by atoms with Crippen LogP contribution in [0.2, 0.25) is 0 Å². The van der Waals surface area contributed by atoms with Crippen molar-refractivity contribution in [1.82, 2.24) is 5.32 Å². The topological polar surface area (TPSA) is 46.2 Å². The fourth-order valence-electron chi connectivity index (χ4n) is 2.49. The molecular formula is C9H17NO2S2. The van der Waals surface area contributed by atoms with Gasteiger partial charge in [-0.1, -0.05) is 0 Å². The monoisotopic (exact) mass is 235 g/mol. The van der Waals surface area contributed by atoms with E-state index in [1.165, 1.54) is 0 Å². The Hall–Kier alpha value is 0.260. The van der Waals surface area contributed by atoms with Gasteiger partial charge in [0.25, 0.3) is 0 Å². The normalized spacial score (nSPS) is 41.6. The Balaban J connectivity index is 2.02. The molecule has 2 aliphatic rings. The Morgan fingerprint density at radius 1 is 1.36 bits per heavy atom. The summed E-state index contributed by atoms with van der Waals surface area (Å²) in [6, 6.07) is 0.526. The molecule has 0 amide bonds. The van der Waals surface area contributed by atoms with E-state index in [1.54, 1.807) is 0 Å². The van der Waals surface area contributed by atoms with Gasteiger partial charge < -0.3 is 5.32 Å². The smallest absolute Gasteiger partial charge is 0.150 e. The zero-order chi connectivity index (χ0) is 10.2. The van der Waals surface area contributed by atoms with E-state index in [2.05, 4.69) is 5.32 Å². The molecule has 0 saturated carbocycles. The standard InChI is InChI=1S/C9H17NO2S2/c1-10-9-5-13-4-8(9)7-2-3-14(11,12)6-7/h7-10H,2-6H2,1H3. The highest BCUT2D eigenvalue weighted by Crippen LogP contribution is 2.35. The van der Waals surface area contributed by atoms with E-state index in [9.17, 15) is 8.42 Å². The lowest BCUT2D eigenvalue weighted by Crippen LogP contribution is -2.37. The minimum Gasteiger partial charge on any atom is -0.316 e. The molecule has 2 fully saturated rings. The lowest BCUT2D eigenvalue weighted by atomic mass is 9.88. The van der Waals surface area contributed by atoms with E-state index in [0.29, 0.717) is 29.4 Å². The molecule has 3 atom stereocenters. The second kappa shape index (κ2) is 4.02. The average molecular weight is 235 g/mol. The van der Waals surface area contributed by atoms with Crippen LogP contribution >= 0.6 is 11.8 Å². The highest BCUT2D eigenvalue weighted by molar-refractivity contribution is 7.99. The molecule has 0 aromatic carbocycles. The van der Waals surface area contributed by atoms with Crippen LogP contribution < -0.4 is 5.32 Å². The van der Waals surface area contributed by atoms with Gasteiger partial charge in [-0.25, -0.2) is 8.42 Å². The largest absolute Gasteiger partial charge is 0.316 e. The first-order valence-corrected chi connectivity index (χ1v) is 8.05. The molecule has 82 valence electrons. The van der Waals surface area contributed by atoms with Crippen molar-refractivity contribution in [3.05, 3.63) is 0 Å². The third-order valence-corrected chi connectivity index (χ3v) is 6.38. The summed E-state index contributed by atoms with van der Waals surface area (Å²) in [5.41, 5.74) is 0. The molecule has 2 aliphatic heterocycles. The minimum absolute atomic E-state index is 0.410. The van der Waals surface area contributed by atoms with Gasteiger partial charge in [0, 0.05) is 11.8 Å². The average Bonchev–Trinajstić information content (AvgIpc) is 2.70. The van der Waals surface area contributed by atoms with Crippen molar-refractivity contribution in [2.75, 3.05) is 30.1 Å². The Morgan fingerprint density at radius 3 is 2.71 bits per heavy atom. The highest BCUT2D eigenvalue weighted by atomic mass is 32.2. The van der Waals surface area contributed by atoms with E-state index in [4.69, 9.17) is 0 Å². The molecule has 2 heterocycles. The number of nitrogens with one attached hydrogen (secondary N) is 1. The van der Waals surface area contributed by atoms with Crippen molar-refractivity contribution in [1.29, 1.82) is 0 Å². The Morgan fingerprint density at radius 2 is 2.14 bits per heavy atom. The fourth-order valence-corrected chi connectivity index (χ4v) is 5.97. The van der Waals surface area contributed by atoms with Gasteiger partial charge in [-0.3, -0.25) is 0 Å². The molecule has 1 N–H and O–H groups in total. The van der Waals surface area contributed by atoms with Gasteiger partial charge in [0.15, 0.2) is 9.84 Å². The summed E-state index contributed by atoms with van der Waals surface area (Å²) in [4.78, 5) is 0. The van der Waals surface area contributed by atoms with Crippen LogP contribution in [0.4, 0.5) is 0 Å². The van der Waals surface area contributed by atoms with Crippen molar-refractivity contribution in [3.63, 3.8) is 0 Å². The summed E-state index contributed by atoms with van der Waals surface area (Å²) in [5, 5.41) is 3.30. The minimum atomic E-state index is -2.70. The van der Waals surface area contributed by atoms with Gasteiger partial charge in [-0.15, -0.1) is 0 Å². The van der Waals surface area contributed by atoms with Gasteiger partial charge in [0.2, 0.25) is 0 Å². The lowest BCUT2D eigenvalue weighted by Gasteiger charge is -2.23. The van der Waals surface area contributed by atoms with Crippen molar-refractivity contribution < 1.29 is 8.42 Å². The second-order valence-corrected chi connectivity index (χ2v) is 7.56. The molecule has 3 unspecified atom stereocenters. The van der Waals surface area contributed by atoms with Crippen molar-refractivity contribution >= 4 is 21.6 Å². The van der Waals surface area contributed by atoms with Crippen LogP contribution in [0.5, 0.6) is 0 Å². The molecule has 5 heteroatoms. The third kappa shape index (κ3) is 2.09. The summed E-state index contributed by atoms with van der Waals surface area (Å²) in [6.07, 6.45) is 0.881. The molecule has 0 bridgehead atoms. The number of sulfone groups is 1. The van der Waals surface area contributed by atoms with Gasteiger partial charge >= 0.3 is 0 Å². The predicted molar refractivity (Wildman–Crippen MR) is 60.4 cm³/mol. The Labute approximate surface area is 89.9 Å². The number of hydrogen-bond donors (Lipinski definition) is 1. The van der Waals surface area contributed by atoms with Gasteiger partial charge in [-0.05, 0) is 31.1 Å². The van der Waals surface area contributed by atoms with Crippen LogP contribution in [0.1, 0.15) is 6.42 Å². The summed E-state index contributed by atoms with van der Waals surface area (Å²) in [7, 11) is -0.722. The van der Waals surface area contributed by atoms with Gasteiger partial charge in [0.1, 0.15) is 0 Å². The number of rotatable bonds is 2. The van der Waals surface area contributed by atoms with Gasteiger partial charge in [0.05, 0.1) is 11.5 Å². The van der Waals surface area contributed by atoms with E-state index >= 15 is 0 Å². The van der Waals surface area contributed by atoms with Crippen LogP contribution in [0.3, 0.4) is 0 Å². The van der Waals surface area contributed by atoms with Crippen LogP contribution in [0.25, 0.3) is 0 Å². The second-order valence-electron chi connectivity index (χ2n) is 4.26. The maximum absolute atomic E-state index is 11.4. The molecular weight excluding hydrogens is 218 g/mol. The van der Waals surface area contributed by atoms with Crippen molar-refractivity contribution in [2.45, 2.75) is 12.5 Å².